The molecule has 3 aromatic rings. The third-order valence-electron chi connectivity index (χ3n) is 5.38. The normalized spacial score (nSPS) is 18.6. The van der Waals surface area contributed by atoms with Crippen LogP contribution in [0.3, 0.4) is 0 Å². The van der Waals surface area contributed by atoms with E-state index in [1.54, 1.807) is 6.20 Å². The van der Waals surface area contributed by atoms with Gasteiger partial charge in [0.15, 0.2) is 0 Å². The van der Waals surface area contributed by atoms with Crippen LogP contribution >= 0.6 is 11.3 Å². The molecular weight excluding hydrogens is 336 g/mol. The Balaban J connectivity index is 1.78. The van der Waals surface area contributed by atoms with Gasteiger partial charge in [0.25, 0.3) is 5.56 Å². The fourth-order valence-electron chi connectivity index (χ4n) is 3.89. The van der Waals surface area contributed by atoms with Gasteiger partial charge in [0, 0.05) is 42.0 Å². The number of aromatic amines is 2. The van der Waals surface area contributed by atoms with Gasteiger partial charge in [-0.1, -0.05) is 0 Å². The van der Waals surface area contributed by atoms with Crippen LogP contribution in [0.15, 0.2) is 17.2 Å². The summed E-state index contributed by atoms with van der Waals surface area (Å²) in [6.45, 7) is 5.08. The molecule has 7 heteroatoms. The molecule has 130 valence electrons. The van der Waals surface area contributed by atoms with Crippen molar-refractivity contribution < 1.29 is 4.74 Å². The van der Waals surface area contributed by atoms with Crippen LogP contribution in [-0.4, -0.2) is 39.8 Å². The van der Waals surface area contributed by atoms with E-state index in [0.29, 0.717) is 6.61 Å². The van der Waals surface area contributed by atoms with Crippen molar-refractivity contribution in [2.45, 2.75) is 32.2 Å². The molecule has 1 atom stereocenters. The van der Waals surface area contributed by atoms with E-state index in [-0.39, 0.29) is 11.6 Å². The van der Waals surface area contributed by atoms with E-state index in [1.807, 2.05) is 6.20 Å². The van der Waals surface area contributed by atoms with Gasteiger partial charge in [0.1, 0.15) is 10.4 Å². The maximum atomic E-state index is 12.8. The minimum atomic E-state index is -0.00683. The zero-order valence-electron chi connectivity index (χ0n) is 14.1. The highest BCUT2D eigenvalue weighted by atomic mass is 32.1. The van der Waals surface area contributed by atoms with Gasteiger partial charge in [-0.25, -0.2) is 0 Å². The summed E-state index contributed by atoms with van der Waals surface area (Å²) < 4.78 is 6.87. The summed E-state index contributed by atoms with van der Waals surface area (Å²) in [6.07, 6.45) is 6.78. The van der Waals surface area contributed by atoms with Crippen molar-refractivity contribution in [3.63, 3.8) is 0 Å². The highest BCUT2D eigenvalue weighted by Gasteiger charge is 2.29. The van der Waals surface area contributed by atoms with Gasteiger partial charge in [-0.3, -0.25) is 14.8 Å². The van der Waals surface area contributed by atoms with Crippen LogP contribution in [-0.2, 0) is 6.42 Å². The number of aromatic nitrogens is 3. The highest BCUT2D eigenvalue weighted by Crippen LogP contribution is 2.47. The van der Waals surface area contributed by atoms with E-state index >= 15 is 0 Å². The van der Waals surface area contributed by atoms with Crippen LogP contribution in [0.5, 0.6) is 5.75 Å². The molecule has 2 aliphatic heterocycles. The van der Waals surface area contributed by atoms with Crippen molar-refractivity contribution in [2.75, 3.05) is 19.7 Å². The molecule has 1 fully saturated rings. The molecule has 6 nitrogen and oxygen atoms in total. The first-order chi connectivity index (χ1) is 12.2. The number of hydrogen-bond acceptors (Lipinski definition) is 5. The van der Waals surface area contributed by atoms with Crippen molar-refractivity contribution >= 4 is 21.4 Å². The molecular formula is C18H20N4O2S. The van der Waals surface area contributed by atoms with Crippen molar-refractivity contribution in [2.24, 2.45) is 0 Å². The lowest BCUT2D eigenvalue weighted by Gasteiger charge is -2.37. The average Bonchev–Trinajstić information content (AvgIpc) is 3.14. The van der Waals surface area contributed by atoms with Crippen LogP contribution in [0.25, 0.3) is 20.5 Å². The first kappa shape index (κ1) is 15.2. The monoisotopic (exact) mass is 356 g/mol. The van der Waals surface area contributed by atoms with Crippen LogP contribution in [0, 0.1) is 0 Å². The number of pyridine rings is 1. The fraction of sp³-hybridized carbons (Fsp3) is 0.444. The number of ether oxygens (including phenoxy) is 1. The molecule has 0 aromatic carbocycles. The minimum Gasteiger partial charge on any atom is -0.491 e. The molecule has 0 unspecified atom stereocenters. The molecule has 0 amide bonds. The minimum absolute atomic E-state index is 0.00683. The summed E-state index contributed by atoms with van der Waals surface area (Å²) >= 11 is 1.50. The van der Waals surface area contributed by atoms with Gasteiger partial charge < -0.3 is 9.72 Å². The van der Waals surface area contributed by atoms with E-state index < -0.39 is 0 Å². The lowest BCUT2D eigenvalue weighted by atomic mass is 9.97. The Morgan fingerprint density at radius 3 is 2.96 bits per heavy atom. The van der Waals surface area contributed by atoms with E-state index in [4.69, 9.17) is 4.74 Å². The summed E-state index contributed by atoms with van der Waals surface area (Å²) in [4.78, 5) is 19.4. The number of nitrogens with one attached hydrogen (secondary N) is 2. The van der Waals surface area contributed by atoms with Crippen LogP contribution < -0.4 is 10.3 Å². The molecule has 2 aliphatic rings. The lowest BCUT2D eigenvalue weighted by molar-refractivity contribution is 0.125. The number of likely N-dealkylation sites (tertiary alicyclic amines) is 1. The smallest absolute Gasteiger partial charge is 0.266 e. The summed E-state index contributed by atoms with van der Waals surface area (Å²) in [5.74, 6) is 0.858. The van der Waals surface area contributed by atoms with Crippen molar-refractivity contribution in [3.05, 3.63) is 34.0 Å². The molecule has 25 heavy (non-hydrogen) atoms. The second kappa shape index (κ2) is 5.71. The molecule has 1 saturated heterocycles. The van der Waals surface area contributed by atoms with E-state index in [2.05, 4.69) is 27.0 Å². The Morgan fingerprint density at radius 2 is 2.24 bits per heavy atom. The maximum Gasteiger partial charge on any atom is 0.266 e. The van der Waals surface area contributed by atoms with Gasteiger partial charge >= 0.3 is 0 Å². The molecule has 2 N–H and O–H groups in total. The summed E-state index contributed by atoms with van der Waals surface area (Å²) in [5, 5.41) is 7.92. The predicted octanol–water partition coefficient (Wildman–Crippen LogP) is 3.07. The van der Waals surface area contributed by atoms with Gasteiger partial charge in [0.2, 0.25) is 0 Å². The van der Waals surface area contributed by atoms with Crippen LogP contribution in [0.4, 0.5) is 0 Å². The number of thiophene rings is 1. The zero-order chi connectivity index (χ0) is 17.0. The van der Waals surface area contributed by atoms with Gasteiger partial charge in [-0.05, 0) is 31.7 Å². The maximum absolute atomic E-state index is 12.8. The zero-order valence-corrected chi connectivity index (χ0v) is 14.9. The first-order valence-electron chi connectivity index (χ1n) is 8.81. The number of aryl methyl sites for hydroxylation is 1. The fourth-order valence-corrected chi connectivity index (χ4v) is 5.04. The number of rotatable bonds is 3. The average molecular weight is 356 g/mol. The Morgan fingerprint density at radius 1 is 1.36 bits per heavy atom. The Labute approximate surface area is 148 Å². The SMILES string of the molecule is C[C@H](c1[nH]c(=O)c2sc(-c3cn[nH]c3)c3c2c1CCCO3)N1CCC1. The molecule has 0 spiro atoms. The largest absolute Gasteiger partial charge is 0.491 e. The van der Waals surface area contributed by atoms with E-state index in [9.17, 15) is 4.79 Å². The van der Waals surface area contributed by atoms with E-state index in [0.717, 1.165) is 57.9 Å². The quantitative estimate of drug-likeness (QED) is 0.756. The van der Waals surface area contributed by atoms with Crippen molar-refractivity contribution in [1.29, 1.82) is 0 Å². The van der Waals surface area contributed by atoms with Gasteiger partial charge in [-0.15, -0.1) is 11.3 Å². The first-order valence-corrected chi connectivity index (χ1v) is 9.63. The second-order valence-corrected chi connectivity index (χ2v) is 7.84. The lowest BCUT2D eigenvalue weighted by Crippen LogP contribution is -2.40. The molecule has 0 bridgehead atoms. The molecule has 3 aromatic heterocycles. The third kappa shape index (κ3) is 2.26. The van der Waals surface area contributed by atoms with Gasteiger partial charge in [-0.2, -0.15) is 5.10 Å². The number of nitrogens with zero attached hydrogens (tertiary/aromatic N) is 2. The van der Waals surface area contributed by atoms with Crippen molar-refractivity contribution in [3.8, 4) is 16.2 Å². The molecule has 5 heterocycles. The highest BCUT2D eigenvalue weighted by molar-refractivity contribution is 7.22. The molecule has 0 saturated carbocycles. The second-order valence-electron chi connectivity index (χ2n) is 6.82. The molecule has 0 radical (unpaired) electrons. The predicted molar refractivity (Wildman–Crippen MR) is 98.4 cm³/mol. The van der Waals surface area contributed by atoms with E-state index in [1.165, 1.54) is 23.3 Å². The molecule has 0 aliphatic carbocycles. The third-order valence-corrected chi connectivity index (χ3v) is 6.60. The summed E-state index contributed by atoms with van der Waals surface area (Å²) in [6, 6.07) is 0.240. The summed E-state index contributed by atoms with van der Waals surface area (Å²) in [5.41, 5.74) is 3.29. The van der Waals surface area contributed by atoms with Crippen LogP contribution in [0.1, 0.15) is 37.1 Å². The standard InChI is InChI=1S/C18H20N4O2S/c1-10(22-5-3-6-22)14-12-4-2-7-24-15-13(12)17(18(23)21-14)25-16(15)11-8-19-20-9-11/h8-10H,2-7H2,1H3,(H,19,20)(H,21,23)/t10-/m1/s1. The Bertz CT molecular complexity index is 985. The van der Waals surface area contributed by atoms with Gasteiger partial charge in [0.05, 0.1) is 17.7 Å². The number of hydrogen-bond donors (Lipinski definition) is 2. The Hall–Kier alpha value is -2.12. The Kier molecular flexibility index (Phi) is 3.46. The van der Waals surface area contributed by atoms with Crippen molar-refractivity contribution in [1.82, 2.24) is 20.1 Å². The topological polar surface area (TPSA) is 74.0 Å². The number of H-pyrrole nitrogens is 2. The summed E-state index contributed by atoms with van der Waals surface area (Å²) in [7, 11) is 0. The van der Waals surface area contributed by atoms with Crippen LogP contribution in [0.2, 0.25) is 0 Å². The molecule has 5 rings (SSSR count).